The minimum atomic E-state index is -4.29. The number of rotatable bonds is 8. The minimum Gasteiger partial charge on any atom is -0.477 e. The van der Waals surface area contributed by atoms with E-state index in [0.717, 1.165) is 0 Å². The van der Waals surface area contributed by atoms with Gasteiger partial charge in [-0.1, -0.05) is 6.07 Å². The number of aromatic nitrogens is 3. The van der Waals surface area contributed by atoms with E-state index in [1.807, 2.05) is 0 Å². The van der Waals surface area contributed by atoms with Crippen molar-refractivity contribution in [2.24, 2.45) is 0 Å². The van der Waals surface area contributed by atoms with Crippen LogP contribution in [0.25, 0.3) is 0 Å². The molecule has 7 nitrogen and oxygen atoms in total. The molecule has 1 atom stereocenters. The van der Waals surface area contributed by atoms with Gasteiger partial charge in [0.05, 0.1) is 25.5 Å². The number of carbonyl (C=O) groups is 2. The highest BCUT2D eigenvalue weighted by atomic mass is 19.4. The van der Waals surface area contributed by atoms with Crippen molar-refractivity contribution in [2.75, 3.05) is 6.61 Å². The summed E-state index contributed by atoms with van der Waals surface area (Å²) >= 11 is 0. The third-order valence-corrected chi connectivity index (χ3v) is 3.78. The van der Waals surface area contributed by atoms with Crippen molar-refractivity contribution in [2.45, 2.75) is 45.8 Å². The van der Waals surface area contributed by atoms with Crippen molar-refractivity contribution in [1.29, 1.82) is 0 Å². The number of nitrogens with one attached hydrogen (secondary N) is 1. The van der Waals surface area contributed by atoms with E-state index in [1.165, 1.54) is 25.3 Å². The van der Waals surface area contributed by atoms with Gasteiger partial charge < -0.3 is 10.1 Å². The van der Waals surface area contributed by atoms with Crippen LogP contribution in [0.4, 0.5) is 13.2 Å². The number of aryl methyl sites for hydroxylation is 1. The molecule has 0 radical (unpaired) electrons. The standard InChI is InChI=1S/C19H21F3N4O3/c1-11-8-15(26-16(24-11)9-12(2)27)18(28)25-13(3)14-4-5-17(23-10-14)29-7-6-19(20,21)22/h4-5,8,10,13H,6-7,9H2,1-3H3,(H,25,28). The lowest BCUT2D eigenvalue weighted by atomic mass is 10.1. The van der Waals surface area contributed by atoms with Gasteiger partial charge in [-0.05, 0) is 32.4 Å². The van der Waals surface area contributed by atoms with Gasteiger partial charge in [0.25, 0.3) is 5.91 Å². The number of amides is 1. The summed E-state index contributed by atoms with van der Waals surface area (Å²) in [6.45, 7) is 4.32. The first kappa shape index (κ1) is 22.3. The number of Topliss-reactive ketones (excluding diaryl/α,β-unsaturated/α-hetero) is 1. The number of hydrogen-bond donors (Lipinski definition) is 1. The third kappa shape index (κ3) is 7.47. The second kappa shape index (κ2) is 9.44. The molecule has 1 N–H and O–H groups in total. The number of hydrogen-bond acceptors (Lipinski definition) is 6. The number of alkyl halides is 3. The lowest BCUT2D eigenvalue weighted by Crippen LogP contribution is -2.28. The average Bonchev–Trinajstić information content (AvgIpc) is 2.60. The second-order valence-corrected chi connectivity index (χ2v) is 6.53. The maximum atomic E-state index is 12.5. The zero-order valence-corrected chi connectivity index (χ0v) is 16.2. The third-order valence-electron chi connectivity index (χ3n) is 3.78. The molecule has 0 saturated carbocycles. The van der Waals surface area contributed by atoms with Gasteiger partial charge in [0, 0.05) is 18.0 Å². The van der Waals surface area contributed by atoms with E-state index in [2.05, 4.69) is 20.3 Å². The van der Waals surface area contributed by atoms with Crippen molar-refractivity contribution in [1.82, 2.24) is 20.3 Å². The van der Waals surface area contributed by atoms with Crippen molar-refractivity contribution < 1.29 is 27.5 Å². The molecular formula is C19H21F3N4O3. The first-order chi connectivity index (χ1) is 13.5. The summed E-state index contributed by atoms with van der Waals surface area (Å²) in [7, 11) is 0. The Labute approximate surface area is 165 Å². The molecule has 0 aromatic carbocycles. The summed E-state index contributed by atoms with van der Waals surface area (Å²) < 4.78 is 41.4. The molecule has 2 heterocycles. The van der Waals surface area contributed by atoms with E-state index >= 15 is 0 Å². The van der Waals surface area contributed by atoms with Gasteiger partial charge in [-0.2, -0.15) is 13.2 Å². The number of pyridine rings is 1. The largest absolute Gasteiger partial charge is 0.477 e. The van der Waals surface area contributed by atoms with E-state index in [-0.39, 0.29) is 29.6 Å². The topological polar surface area (TPSA) is 94.1 Å². The highest BCUT2D eigenvalue weighted by molar-refractivity contribution is 5.92. The molecule has 2 aromatic rings. The monoisotopic (exact) mass is 410 g/mol. The maximum absolute atomic E-state index is 12.5. The molecule has 2 aromatic heterocycles. The molecule has 2 rings (SSSR count). The molecule has 29 heavy (non-hydrogen) atoms. The Kier molecular flexibility index (Phi) is 7.24. The fourth-order valence-electron chi connectivity index (χ4n) is 2.41. The van der Waals surface area contributed by atoms with Crippen molar-refractivity contribution in [3.8, 4) is 5.88 Å². The van der Waals surface area contributed by atoms with Gasteiger partial charge in [-0.25, -0.2) is 15.0 Å². The van der Waals surface area contributed by atoms with Crippen molar-refractivity contribution in [3.05, 3.63) is 47.2 Å². The quantitative estimate of drug-likeness (QED) is 0.719. The van der Waals surface area contributed by atoms with E-state index in [9.17, 15) is 22.8 Å². The average molecular weight is 410 g/mol. The van der Waals surface area contributed by atoms with Crippen molar-refractivity contribution in [3.63, 3.8) is 0 Å². The Morgan fingerprint density at radius 2 is 1.97 bits per heavy atom. The number of ketones is 1. The Hall–Kier alpha value is -3.04. The van der Waals surface area contributed by atoms with Crippen LogP contribution in [0.1, 0.15) is 53.9 Å². The fraction of sp³-hybridized carbons (Fsp3) is 0.421. The highest BCUT2D eigenvalue weighted by Crippen LogP contribution is 2.20. The van der Waals surface area contributed by atoms with Gasteiger partial charge >= 0.3 is 6.18 Å². The number of nitrogens with zero attached hydrogens (tertiary/aromatic N) is 3. The van der Waals surface area contributed by atoms with E-state index in [0.29, 0.717) is 11.3 Å². The molecule has 0 aliphatic carbocycles. The maximum Gasteiger partial charge on any atom is 0.392 e. The predicted octanol–water partition coefficient (Wildman–Crippen LogP) is 3.13. The minimum absolute atomic E-state index is 0.0389. The molecule has 0 spiro atoms. The van der Waals surface area contributed by atoms with Gasteiger partial charge in [0.15, 0.2) is 0 Å². The summed E-state index contributed by atoms with van der Waals surface area (Å²) in [6.07, 6.45) is -3.90. The SMILES string of the molecule is CC(=O)Cc1nc(C)cc(C(=O)NC(C)c2ccc(OCCC(F)(F)F)nc2)n1. The lowest BCUT2D eigenvalue weighted by Gasteiger charge is -2.15. The summed E-state index contributed by atoms with van der Waals surface area (Å²) in [5, 5.41) is 2.76. The van der Waals surface area contributed by atoms with Crippen LogP contribution in [0.15, 0.2) is 24.4 Å². The van der Waals surface area contributed by atoms with Crippen LogP contribution in [0, 0.1) is 6.92 Å². The molecule has 156 valence electrons. The van der Waals surface area contributed by atoms with E-state index < -0.39 is 31.2 Å². The molecule has 1 amide bonds. The molecule has 1 unspecified atom stereocenters. The summed E-state index contributed by atoms with van der Waals surface area (Å²) in [4.78, 5) is 35.9. The molecule has 0 aliphatic heterocycles. The highest BCUT2D eigenvalue weighted by Gasteiger charge is 2.27. The van der Waals surface area contributed by atoms with Gasteiger partial charge in [-0.3, -0.25) is 9.59 Å². The normalized spacial score (nSPS) is 12.3. The Balaban J connectivity index is 1.99. The smallest absolute Gasteiger partial charge is 0.392 e. The van der Waals surface area contributed by atoms with E-state index in [1.54, 1.807) is 19.9 Å². The molecule has 10 heteroatoms. The van der Waals surface area contributed by atoms with E-state index in [4.69, 9.17) is 4.74 Å². The van der Waals surface area contributed by atoms with Crippen LogP contribution in [-0.4, -0.2) is 39.4 Å². The zero-order valence-electron chi connectivity index (χ0n) is 16.2. The Morgan fingerprint density at radius 1 is 1.24 bits per heavy atom. The summed E-state index contributed by atoms with van der Waals surface area (Å²) in [5.74, 6) is -0.216. The number of halogens is 3. The zero-order chi connectivity index (χ0) is 21.6. The molecule has 0 aliphatic rings. The van der Waals surface area contributed by atoms with Crippen LogP contribution in [0.5, 0.6) is 5.88 Å². The van der Waals surface area contributed by atoms with Gasteiger partial charge in [0.1, 0.15) is 17.3 Å². The first-order valence-corrected chi connectivity index (χ1v) is 8.84. The molecule has 0 bridgehead atoms. The van der Waals surface area contributed by atoms with Gasteiger partial charge in [0.2, 0.25) is 5.88 Å². The Morgan fingerprint density at radius 3 is 2.55 bits per heavy atom. The molecular weight excluding hydrogens is 389 g/mol. The fourth-order valence-corrected chi connectivity index (χ4v) is 2.41. The number of carbonyl (C=O) groups excluding carboxylic acids is 2. The Bertz CT molecular complexity index is 870. The van der Waals surface area contributed by atoms with Crippen LogP contribution in [0.3, 0.4) is 0 Å². The predicted molar refractivity (Wildman–Crippen MR) is 97.4 cm³/mol. The summed E-state index contributed by atoms with van der Waals surface area (Å²) in [5.41, 5.74) is 1.34. The van der Waals surface area contributed by atoms with Crippen LogP contribution in [0.2, 0.25) is 0 Å². The van der Waals surface area contributed by atoms with Crippen LogP contribution >= 0.6 is 0 Å². The van der Waals surface area contributed by atoms with Crippen molar-refractivity contribution >= 4 is 11.7 Å². The lowest BCUT2D eigenvalue weighted by molar-refractivity contribution is -0.139. The second-order valence-electron chi connectivity index (χ2n) is 6.53. The number of ether oxygens (including phenoxy) is 1. The summed E-state index contributed by atoms with van der Waals surface area (Å²) in [6, 6.07) is 4.12. The van der Waals surface area contributed by atoms with Gasteiger partial charge in [-0.15, -0.1) is 0 Å². The molecule has 0 saturated heterocycles. The van der Waals surface area contributed by atoms with Crippen LogP contribution in [-0.2, 0) is 11.2 Å². The molecule has 0 fully saturated rings. The first-order valence-electron chi connectivity index (χ1n) is 8.84. The van der Waals surface area contributed by atoms with Crippen LogP contribution < -0.4 is 10.1 Å².